The lowest BCUT2D eigenvalue weighted by Crippen LogP contribution is -2.27. The van der Waals surface area contributed by atoms with E-state index in [1.165, 1.54) is 15.6 Å². The molecule has 0 saturated carbocycles. The van der Waals surface area contributed by atoms with Gasteiger partial charge in [-0.3, -0.25) is 0 Å². The third kappa shape index (κ3) is 3.93. The number of hydrogen-bond acceptors (Lipinski definition) is 2. The van der Waals surface area contributed by atoms with Crippen LogP contribution in [0.5, 0.6) is 0 Å². The van der Waals surface area contributed by atoms with Crippen LogP contribution in [0.2, 0.25) is 0 Å². The molecule has 2 nitrogen and oxygen atoms in total. The molecule has 0 atom stereocenters. The zero-order chi connectivity index (χ0) is 11.3. The van der Waals surface area contributed by atoms with E-state index in [0.29, 0.717) is 0 Å². The van der Waals surface area contributed by atoms with Crippen molar-refractivity contribution in [2.24, 2.45) is 0 Å². The first-order chi connectivity index (χ1) is 7.15. The Bertz CT molecular complexity index is 312. The summed E-state index contributed by atoms with van der Waals surface area (Å²) < 4.78 is 1.20. The van der Waals surface area contributed by atoms with Gasteiger partial charge in [-0.25, -0.2) is 0 Å². The fourth-order valence-electron chi connectivity index (χ4n) is 1.50. The van der Waals surface area contributed by atoms with Crippen LogP contribution in [0.25, 0.3) is 0 Å². The van der Waals surface area contributed by atoms with E-state index in [1.54, 1.807) is 0 Å². The van der Waals surface area contributed by atoms with Crippen molar-refractivity contribution in [2.45, 2.75) is 13.5 Å². The van der Waals surface area contributed by atoms with Crippen molar-refractivity contribution in [1.29, 1.82) is 0 Å². The second kappa shape index (κ2) is 6.26. The number of benzene rings is 1. The van der Waals surface area contributed by atoms with Gasteiger partial charge in [-0.05, 0) is 38.2 Å². The van der Waals surface area contributed by atoms with Gasteiger partial charge in [-0.2, -0.15) is 0 Å². The molecule has 0 amide bonds. The lowest BCUT2D eigenvalue weighted by Gasteiger charge is -2.18. The summed E-state index contributed by atoms with van der Waals surface area (Å²) in [6.45, 7) is 5.27. The lowest BCUT2D eigenvalue weighted by molar-refractivity contribution is 0.327. The Balaban J connectivity index is 2.60. The first-order valence-electron chi connectivity index (χ1n) is 5.22. The number of hydrogen-bond donors (Lipinski definition) is 1. The normalized spacial score (nSPS) is 11.0. The first-order valence-corrected chi connectivity index (χ1v) is 6.01. The molecule has 3 heteroatoms. The van der Waals surface area contributed by atoms with E-state index in [-0.39, 0.29) is 0 Å². The summed E-state index contributed by atoms with van der Waals surface area (Å²) in [5.74, 6) is 0. The average Bonchev–Trinajstić information content (AvgIpc) is 2.22. The van der Waals surface area contributed by atoms with E-state index < -0.39 is 0 Å². The fraction of sp³-hybridized carbons (Fsp3) is 0.500. The number of likely N-dealkylation sites (N-methyl/N-ethyl adjacent to an activating group) is 2. The van der Waals surface area contributed by atoms with E-state index in [2.05, 4.69) is 58.3 Å². The van der Waals surface area contributed by atoms with E-state index in [4.69, 9.17) is 0 Å². The summed E-state index contributed by atoms with van der Waals surface area (Å²) in [4.78, 5) is 2.32. The molecular weight excluding hydrogens is 252 g/mol. The van der Waals surface area contributed by atoms with Crippen LogP contribution in [-0.4, -0.2) is 32.1 Å². The SMILES string of the molecule is CNCCN(C)Cc1cccc(Br)c1C. The van der Waals surface area contributed by atoms with Crippen molar-refractivity contribution >= 4 is 15.9 Å². The largest absolute Gasteiger partial charge is 0.318 e. The van der Waals surface area contributed by atoms with Crippen molar-refractivity contribution in [3.05, 3.63) is 33.8 Å². The highest BCUT2D eigenvalue weighted by Crippen LogP contribution is 2.20. The molecule has 0 spiro atoms. The molecule has 84 valence electrons. The Kier molecular flexibility index (Phi) is 5.29. The van der Waals surface area contributed by atoms with Crippen molar-refractivity contribution in [1.82, 2.24) is 10.2 Å². The van der Waals surface area contributed by atoms with Crippen molar-refractivity contribution in [2.75, 3.05) is 27.2 Å². The summed E-state index contributed by atoms with van der Waals surface area (Å²) in [5.41, 5.74) is 2.73. The molecule has 0 heterocycles. The zero-order valence-electron chi connectivity index (χ0n) is 9.68. The number of nitrogens with one attached hydrogen (secondary N) is 1. The van der Waals surface area contributed by atoms with Crippen LogP contribution in [0.4, 0.5) is 0 Å². The molecule has 0 aliphatic carbocycles. The van der Waals surface area contributed by atoms with Gasteiger partial charge in [0, 0.05) is 24.1 Å². The molecule has 0 saturated heterocycles. The van der Waals surface area contributed by atoms with Crippen molar-refractivity contribution in [3.63, 3.8) is 0 Å². The maximum atomic E-state index is 3.56. The zero-order valence-corrected chi connectivity index (χ0v) is 11.3. The van der Waals surface area contributed by atoms with Gasteiger partial charge < -0.3 is 10.2 Å². The Morgan fingerprint density at radius 2 is 2.13 bits per heavy atom. The Hall–Kier alpha value is -0.380. The van der Waals surface area contributed by atoms with Gasteiger partial charge >= 0.3 is 0 Å². The van der Waals surface area contributed by atoms with Crippen molar-refractivity contribution < 1.29 is 0 Å². The lowest BCUT2D eigenvalue weighted by atomic mass is 10.1. The van der Waals surface area contributed by atoms with Crippen LogP contribution in [0, 0.1) is 6.92 Å². The van der Waals surface area contributed by atoms with Crippen LogP contribution < -0.4 is 5.32 Å². The third-order valence-electron chi connectivity index (χ3n) is 2.56. The molecule has 0 bridgehead atoms. The predicted molar refractivity (Wildman–Crippen MR) is 69.1 cm³/mol. The van der Waals surface area contributed by atoms with Gasteiger partial charge in [0.1, 0.15) is 0 Å². The van der Waals surface area contributed by atoms with Crippen LogP contribution in [-0.2, 0) is 6.54 Å². The molecule has 0 aliphatic heterocycles. The summed E-state index contributed by atoms with van der Waals surface area (Å²) in [5, 5.41) is 3.16. The van der Waals surface area contributed by atoms with Gasteiger partial charge in [0.25, 0.3) is 0 Å². The Morgan fingerprint density at radius 1 is 1.40 bits per heavy atom. The minimum atomic E-state index is 1.01. The molecule has 1 rings (SSSR count). The highest BCUT2D eigenvalue weighted by atomic mass is 79.9. The first kappa shape index (κ1) is 12.7. The molecule has 0 aliphatic rings. The molecule has 0 radical (unpaired) electrons. The maximum Gasteiger partial charge on any atom is 0.0234 e. The molecule has 0 unspecified atom stereocenters. The standard InChI is InChI=1S/C12H19BrN2/c1-10-11(5-4-6-12(10)13)9-15(3)8-7-14-2/h4-6,14H,7-9H2,1-3H3. The minimum absolute atomic E-state index is 1.01. The quantitative estimate of drug-likeness (QED) is 0.884. The van der Waals surface area contributed by atoms with Crippen molar-refractivity contribution in [3.8, 4) is 0 Å². The summed E-state index contributed by atoms with van der Waals surface area (Å²) in [6, 6.07) is 6.38. The molecule has 15 heavy (non-hydrogen) atoms. The van der Waals surface area contributed by atoms with Gasteiger partial charge in [0.2, 0.25) is 0 Å². The van der Waals surface area contributed by atoms with E-state index in [1.807, 2.05) is 7.05 Å². The summed E-state index contributed by atoms with van der Waals surface area (Å²) in [6.07, 6.45) is 0. The molecule has 1 aromatic carbocycles. The Labute approximate surface area is 101 Å². The monoisotopic (exact) mass is 270 g/mol. The second-order valence-electron chi connectivity index (χ2n) is 3.87. The van der Waals surface area contributed by atoms with Crippen LogP contribution in [0.15, 0.2) is 22.7 Å². The summed E-state index contributed by atoms with van der Waals surface area (Å²) in [7, 11) is 4.13. The maximum absolute atomic E-state index is 3.56. The molecule has 0 aromatic heterocycles. The highest BCUT2D eigenvalue weighted by Gasteiger charge is 2.04. The fourth-order valence-corrected chi connectivity index (χ4v) is 1.90. The summed E-state index contributed by atoms with van der Waals surface area (Å²) >= 11 is 3.56. The topological polar surface area (TPSA) is 15.3 Å². The predicted octanol–water partition coefficient (Wildman–Crippen LogP) is 2.41. The molecule has 1 aromatic rings. The third-order valence-corrected chi connectivity index (χ3v) is 3.42. The molecule has 1 N–H and O–H groups in total. The van der Waals surface area contributed by atoms with Crippen LogP contribution >= 0.6 is 15.9 Å². The molecular formula is C12H19BrN2. The van der Waals surface area contributed by atoms with Crippen LogP contribution in [0.1, 0.15) is 11.1 Å². The number of nitrogens with zero attached hydrogens (tertiary/aromatic N) is 1. The number of halogens is 1. The Morgan fingerprint density at radius 3 is 2.80 bits per heavy atom. The molecule has 0 fully saturated rings. The highest BCUT2D eigenvalue weighted by molar-refractivity contribution is 9.10. The minimum Gasteiger partial charge on any atom is -0.318 e. The number of rotatable bonds is 5. The van der Waals surface area contributed by atoms with Gasteiger partial charge in [0.15, 0.2) is 0 Å². The van der Waals surface area contributed by atoms with E-state index >= 15 is 0 Å². The van der Waals surface area contributed by atoms with E-state index in [0.717, 1.165) is 19.6 Å². The van der Waals surface area contributed by atoms with Gasteiger partial charge in [0.05, 0.1) is 0 Å². The second-order valence-corrected chi connectivity index (χ2v) is 4.72. The van der Waals surface area contributed by atoms with Crippen LogP contribution in [0.3, 0.4) is 0 Å². The van der Waals surface area contributed by atoms with E-state index in [9.17, 15) is 0 Å². The average molecular weight is 271 g/mol. The smallest absolute Gasteiger partial charge is 0.0234 e. The van der Waals surface area contributed by atoms with Gasteiger partial charge in [-0.1, -0.05) is 28.1 Å². The van der Waals surface area contributed by atoms with Gasteiger partial charge in [-0.15, -0.1) is 0 Å².